The predicted molar refractivity (Wildman–Crippen MR) is 103 cm³/mol. The second-order valence-electron chi connectivity index (χ2n) is 6.75. The van der Waals surface area contributed by atoms with Gasteiger partial charge in [0.05, 0.1) is 11.6 Å². The van der Waals surface area contributed by atoms with E-state index in [1.54, 1.807) is 0 Å². The lowest BCUT2D eigenvalue weighted by atomic mass is 9.81. The van der Waals surface area contributed by atoms with E-state index in [4.69, 9.17) is 0 Å². The molecule has 0 aliphatic carbocycles. The average Bonchev–Trinajstić information content (AvgIpc) is 3.06. The molecule has 4 rings (SSSR count). The fraction of sp³-hybridized carbons (Fsp3) is 0.174. The number of nitrogens with one attached hydrogen (secondary N) is 2. The van der Waals surface area contributed by atoms with Gasteiger partial charge >= 0.3 is 0 Å². The highest BCUT2D eigenvalue weighted by Crippen LogP contribution is 2.38. The maximum absolute atomic E-state index is 12.8. The highest BCUT2D eigenvalue weighted by atomic mass is 16.2. The molecule has 1 atom stereocenters. The molecule has 130 valence electrons. The van der Waals surface area contributed by atoms with Crippen molar-refractivity contribution < 1.29 is 4.79 Å². The molecule has 1 unspecified atom stereocenters. The predicted octanol–water partition coefficient (Wildman–Crippen LogP) is 3.61. The van der Waals surface area contributed by atoms with E-state index in [1.807, 2.05) is 54.6 Å². The minimum Gasteiger partial charge on any atom is -0.341 e. The Kier molecular flexibility index (Phi) is 4.55. The van der Waals surface area contributed by atoms with Gasteiger partial charge in [0.25, 0.3) is 0 Å². The Hall–Kier alpha value is -2.91. The summed E-state index contributed by atoms with van der Waals surface area (Å²) in [5.74, 6) is 0.0497. The fourth-order valence-corrected chi connectivity index (χ4v) is 3.74. The number of hydrogen-bond acceptors (Lipinski definition) is 2. The third-order valence-electron chi connectivity index (χ3n) is 5.09. The molecular formula is C23H22N2O. The summed E-state index contributed by atoms with van der Waals surface area (Å²) < 4.78 is 0. The number of carbonyl (C=O) groups excluding carboxylic acids is 1. The number of rotatable bonds is 5. The van der Waals surface area contributed by atoms with Crippen molar-refractivity contribution in [2.45, 2.75) is 24.5 Å². The molecule has 0 bridgehead atoms. The zero-order valence-electron chi connectivity index (χ0n) is 14.6. The molecule has 1 aliphatic rings. The van der Waals surface area contributed by atoms with E-state index in [2.05, 4.69) is 47.0 Å². The number of carbonyl (C=O) groups is 1. The van der Waals surface area contributed by atoms with Crippen molar-refractivity contribution in [3.05, 3.63) is 108 Å². The van der Waals surface area contributed by atoms with Crippen molar-refractivity contribution in [2.24, 2.45) is 0 Å². The molecule has 3 aromatic carbocycles. The summed E-state index contributed by atoms with van der Waals surface area (Å²) in [6.45, 7) is 0.679. The molecule has 3 aromatic rings. The summed E-state index contributed by atoms with van der Waals surface area (Å²) in [6.07, 6.45) is 0.687. The number of amides is 1. The maximum atomic E-state index is 12.8. The van der Waals surface area contributed by atoms with Gasteiger partial charge in [0, 0.05) is 13.0 Å². The lowest BCUT2D eigenvalue weighted by Crippen LogP contribution is -2.40. The lowest BCUT2D eigenvalue weighted by molar-refractivity contribution is -0.121. The van der Waals surface area contributed by atoms with Crippen LogP contribution in [0.15, 0.2) is 91.0 Å². The van der Waals surface area contributed by atoms with Crippen LogP contribution in [-0.4, -0.2) is 11.9 Å². The minimum atomic E-state index is -0.492. The topological polar surface area (TPSA) is 41.1 Å². The van der Waals surface area contributed by atoms with E-state index in [-0.39, 0.29) is 11.9 Å². The van der Waals surface area contributed by atoms with Gasteiger partial charge in [-0.1, -0.05) is 91.0 Å². The van der Waals surface area contributed by atoms with Crippen LogP contribution in [0.1, 0.15) is 23.1 Å². The van der Waals surface area contributed by atoms with Gasteiger partial charge in [0.2, 0.25) is 5.91 Å². The third-order valence-corrected chi connectivity index (χ3v) is 5.09. The average molecular weight is 342 g/mol. The monoisotopic (exact) mass is 342 g/mol. The smallest absolute Gasteiger partial charge is 0.238 e. The molecule has 0 aromatic heterocycles. The van der Waals surface area contributed by atoms with Crippen molar-refractivity contribution in [1.82, 2.24) is 10.6 Å². The van der Waals surface area contributed by atoms with Crippen LogP contribution in [0.25, 0.3) is 0 Å². The molecule has 0 spiro atoms. The summed E-state index contributed by atoms with van der Waals surface area (Å²) in [5, 5.41) is 6.71. The zero-order chi connectivity index (χ0) is 17.8. The number of hydrogen-bond donors (Lipinski definition) is 2. The molecule has 0 saturated carbocycles. The SMILES string of the molecule is O=C1NC(c2ccccc2)(c2ccccc2)CC1NCc1ccccc1. The van der Waals surface area contributed by atoms with Crippen LogP contribution in [0.2, 0.25) is 0 Å². The molecule has 1 heterocycles. The van der Waals surface area contributed by atoms with Gasteiger partial charge in [-0.3, -0.25) is 4.79 Å². The van der Waals surface area contributed by atoms with Crippen LogP contribution in [0, 0.1) is 0 Å². The van der Waals surface area contributed by atoms with Gasteiger partial charge in [-0.05, 0) is 16.7 Å². The van der Waals surface area contributed by atoms with E-state index in [0.717, 1.165) is 11.1 Å². The normalized spacial score (nSPS) is 18.5. The molecule has 26 heavy (non-hydrogen) atoms. The van der Waals surface area contributed by atoms with Crippen molar-refractivity contribution in [1.29, 1.82) is 0 Å². The van der Waals surface area contributed by atoms with Gasteiger partial charge in [-0.15, -0.1) is 0 Å². The first-order chi connectivity index (χ1) is 12.8. The highest BCUT2D eigenvalue weighted by Gasteiger charge is 2.46. The Bertz CT molecular complexity index is 823. The fourth-order valence-electron chi connectivity index (χ4n) is 3.74. The summed E-state index contributed by atoms with van der Waals surface area (Å²) in [4.78, 5) is 12.8. The second-order valence-corrected chi connectivity index (χ2v) is 6.75. The van der Waals surface area contributed by atoms with Crippen molar-refractivity contribution in [3.8, 4) is 0 Å². The Morgan fingerprint density at radius 3 is 1.85 bits per heavy atom. The minimum absolute atomic E-state index is 0.0497. The molecule has 2 N–H and O–H groups in total. The van der Waals surface area contributed by atoms with Gasteiger partial charge in [-0.25, -0.2) is 0 Å². The largest absolute Gasteiger partial charge is 0.341 e. The van der Waals surface area contributed by atoms with Crippen LogP contribution in [0.4, 0.5) is 0 Å². The number of benzene rings is 3. The van der Waals surface area contributed by atoms with E-state index in [1.165, 1.54) is 5.56 Å². The Morgan fingerprint density at radius 2 is 1.31 bits per heavy atom. The van der Waals surface area contributed by atoms with E-state index in [0.29, 0.717) is 13.0 Å². The van der Waals surface area contributed by atoms with Crippen LogP contribution < -0.4 is 10.6 Å². The standard InChI is InChI=1S/C23H22N2O/c26-22-21(24-17-18-10-4-1-5-11-18)16-23(25-22,19-12-6-2-7-13-19)20-14-8-3-9-15-20/h1-15,21,24H,16-17H2,(H,25,26). The van der Waals surface area contributed by atoms with E-state index >= 15 is 0 Å². The molecular weight excluding hydrogens is 320 g/mol. The molecule has 3 nitrogen and oxygen atoms in total. The zero-order valence-corrected chi connectivity index (χ0v) is 14.6. The first-order valence-electron chi connectivity index (χ1n) is 8.98. The highest BCUT2D eigenvalue weighted by molar-refractivity contribution is 5.86. The summed E-state index contributed by atoms with van der Waals surface area (Å²) in [6, 6.07) is 30.4. The Balaban J connectivity index is 1.63. The van der Waals surface area contributed by atoms with Crippen LogP contribution in [-0.2, 0) is 16.9 Å². The van der Waals surface area contributed by atoms with Gasteiger partial charge < -0.3 is 10.6 Å². The summed E-state index contributed by atoms with van der Waals surface area (Å²) >= 11 is 0. The van der Waals surface area contributed by atoms with Crippen molar-refractivity contribution >= 4 is 5.91 Å². The third kappa shape index (κ3) is 3.14. The quantitative estimate of drug-likeness (QED) is 0.744. The van der Waals surface area contributed by atoms with Crippen LogP contribution in [0.5, 0.6) is 0 Å². The molecule has 3 heteroatoms. The summed E-state index contributed by atoms with van der Waals surface area (Å²) in [5.41, 5.74) is 2.91. The van der Waals surface area contributed by atoms with Gasteiger partial charge in [0.1, 0.15) is 0 Å². The van der Waals surface area contributed by atoms with E-state index < -0.39 is 5.54 Å². The van der Waals surface area contributed by atoms with Gasteiger partial charge in [0.15, 0.2) is 0 Å². The molecule has 0 radical (unpaired) electrons. The first-order valence-corrected chi connectivity index (χ1v) is 8.98. The van der Waals surface area contributed by atoms with Crippen LogP contribution in [0.3, 0.4) is 0 Å². The molecule has 1 fully saturated rings. The van der Waals surface area contributed by atoms with Crippen molar-refractivity contribution in [3.63, 3.8) is 0 Å². The van der Waals surface area contributed by atoms with E-state index in [9.17, 15) is 4.79 Å². The summed E-state index contributed by atoms with van der Waals surface area (Å²) in [7, 11) is 0. The van der Waals surface area contributed by atoms with Crippen LogP contribution >= 0.6 is 0 Å². The van der Waals surface area contributed by atoms with Crippen molar-refractivity contribution in [2.75, 3.05) is 0 Å². The maximum Gasteiger partial charge on any atom is 0.238 e. The molecule has 1 aliphatic heterocycles. The second kappa shape index (κ2) is 7.14. The first kappa shape index (κ1) is 16.6. The van der Waals surface area contributed by atoms with Gasteiger partial charge in [-0.2, -0.15) is 0 Å². The Labute approximate surface area is 154 Å². The lowest BCUT2D eigenvalue weighted by Gasteiger charge is -2.30. The Morgan fingerprint density at radius 1 is 0.808 bits per heavy atom. The molecule has 1 amide bonds. The molecule has 1 saturated heterocycles.